The monoisotopic (exact) mass is 524 g/mol. The molecule has 0 saturated heterocycles. The van der Waals surface area contributed by atoms with E-state index in [0.717, 1.165) is 11.1 Å². The molecule has 1 heterocycles. The molecular formula is C25H31Cl3N4O2. The van der Waals surface area contributed by atoms with Crippen molar-refractivity contribution in [2.45, 2.75) is 59.3 Å². The number of carbonyl (C=O) groups is 1. The smallest absolute Gasteiger partial charge is 0.227 e. The largest absolute Gasteiger partial charge is 0.508 e. The van der Waals surface area contributed by atoms with Gasteiger partial charge in [-0.2, -0.15) is 5.26 Å². The van der Waals surface area contributed by atoms with Crippen molar-refractivity contribution in [3.05, 3.63) is 50.1 Å². The maximum atomic E-state index is 13.2. The molecule has 6 nitrogen and oxygen atoms in total. The van der Waals surface area contributed by atoms with Gasteiger partial charge in [-0.25, -0.2) is 4.98 Å². The molecule has 0 bridgehead atoms. The minimum atomic E-state index is -0.395. The number of aromatic nitrogens is 1. The number of halogens is 3. The van der Waals surface area contributed by atoms with Crippen molar-refractivity contribution in [3.8, 4) is 11.8 Å². The van der Waals surface area contributed by atoms with Crippen LogP contribution in [0.4, 0.5) is 5.82 Å². The van der Waals surface area contributed by atoms with Crippen LogP contribution in [-0.4, -0.2) is 29.1 Å². The van der Waals surface area contributed by atoms with Crippen molar-refractivity contribution in [1.82, 2.24) is 10.3 Å². The number of benzene rings is 1. The summed E-state index contributed by atoms with van der Waals surface area (Å²) in [4.78, 5) is 17.3. The van der Waals surface area contributed by atoms with Gasteiger partial charge in [-0.3, -0.25) is 4.79 Å². The van der Waals surface area contributed by atoms with Crippen LogP contribution in [-0.2, 0) is 10.2 Å². The molecule has 0 aliphatic carbocycles. The molecule has 0 radical (unpaired) electrons. The van der Waals surface area contributed by atoms with E-state index < -0.39 is 5.92 Å². The number of rotatable bonds is 7. The highest BCUT2D eigenvalue weighted by Crippen LogP contribution is 2.37. The first-order chi connectivity index (χ1) is 15.7. The average molecular weight is 526 g/mol. The van der Waals surface area contributed by atoms with Crippen molar-refractivity contribution in [2.24, 2.45) is 5.41 Å². The summed E-state index contributed by atoms with van der Waals surface area (Å²) in [6.07, 6.45) is 0.628. The standard InChI is InChI=1S/C25H31Cl3N4O2/c1-24(2,3)12-15(14-7-8-18(33)17(11-14)25(4,5)6)23(34)31-10-9-30-22-16(13-29)19(26)20(27)21(28)32-22/h7-8,11,15,33H,9-10,12H2,1-6H3,(H,30,32)(H,31,34). The Hall–Kier alpha value is -2.20. The van der Waals surface area contributed by atoms with E-state index in [1.54, 1.807) is 12.1 Å². The van der Waals surface area contributed by atoms with Crippen LogP contribution in [0.1, 0.15) is 70.6 Å². The molecule has 34 heavy (non-hydrogen) atoms. The van der Waals surface area contributed by atoms with Crippen molar-refractivity contribution in [1.29, 1.82) is 5.26 Å². The zero-order valence-electron chi connectivity index (χ0n) is 20.3. The first kappa shape index (κ1) is 28.0. The van der Waals surface area contributed by atoms with Crippen molar-refractivity contribution in [2.75, 3.05) is 18.4 Å². The Kier molecular flexibility index (Phi) is 9.10. The van der Waals surface area contributed by atoms with Gasteiger partial charge in [0.25, 0.3) is 0 Å². The third kappa shape index (κ3) is 7.15. The highest BCUT2D eigenvalue weighted by molar-refractivity contribution is 6.48. The summed E-state index contributed by atoms with van der Waals surface area (Å²) in [5.74, 6) is -0.0935. The molecule has 2 rings (SSSR count). The highest BCUT2D eigenvalue weighted by atomic mass is 35.5. The van der Waals surface area contributed by atoms with Crippen molar-refractivity contribution < 1.29 is 9.90 Å². The third-order valence-corrected chi connectivity index (χ3v) is 6.45. The van der Waals surface area contributed by atoms with E-state index in [9.17, 15) is 15.2 Å². The van der Waals surface area contributed by atoms with E-state index >= 15 is 0 Å². The van der Waals surface area contributed by atoms with Gasteiger partial charge in [-0.15, -0.1) is 0 Å². The Morgan fingerprint density at radius 1 is 1.12 bits per heavy atom. The summed E-state index contributed by atoms with van der Waals surface area (Å²) in [5, 5.41) is 25.7. The molecule has 184 valence electrons. The lowest BCUT2D eigenvalue weighted by Gasteiger charge is -2.28. The van der Waals surface area contributed by atoms with Gasteiger partial charge in [0, 0.05) is 13.1 Å². The second kappa shape index (κ2) is 11.0. The van der Waals surface area contributed by atoms with Gasteiger partial charge in [0.2, 0.25) is 5.91 Å². The van der Waals surface area contributed by atoms with E-state index in [0.29, 0.717) is 13.0 Å². The van der Waals surface area contributed by atoms with Gasteiger partial charge in [0.1, 0.15) is 23.2 Å². The van der Waals surface area contributed by atoms with Crippen LogP contribution in [0.5, 0.6) is 5.75 Å². The summed E-state index contributed by atoms with van der Waals surface area (Å²) in [5.41, 5.74) is 1.38. The molecule has 3 N–H and O–H groups in total. The number of pyridine rings is 1. The lowest BCUT2D eigenvalue weighted by atomic mass is 9.78. The van der Waals surface area contributed by atoms with Gasteiger partial charge in [0.05, 0.1) is 16.0 Å². The van der Waals surface area contributed by atoms with E-state index in [4.69, 9.17) is 34.8 Å². The Labute approximate surface area is 216 Å². The summed E-state index contributed by atoms with van der Waals surface area (Å²) < 4.78 is 0. The van der Waals surface area contributed by atoms with E-state index in [1.807, 2.05) is 32.9 Å². The topological polar surface area (TPSA) is 98.0 Å². The number of aromatic hydroxyl groups is 1. The zero-order chi connectivity index (χ0) is 25.8. The van der Waals surface area contributed by atoms with Crippen molar-refractivity contribution >= 4 is 46.5 Å². The molecule has 1 aromatic carbocycles. The van der Waals surface area contributed by atoms with Gasteiger partial charge in [0.15, 0.2) is 5.15 Å². The van der Waals surface area contributed by atoms with Crippen LogP contribution in [0, 0.1) is 16.7 Å². The van der Waals surface area contributed by atoms with E-state index in [2.05, 4.69) is 36.4 Å². The quantitative estimate of drug-likeness (QED) is 0.277. The predicted molar refractivity (Wildman–Crippen MR) is 139 cm³/mol. The predicted octanol–water partition coefficient (Wildman–Crippen LogP) is 6.66. The second-order valence-corrected chi connectivity index (χ2v) is 11.5. The first-order valence-corrected chi connectivity index (χ1v) is 12.1. The molecule has 0 spiro atoms. The summed E-state index contributed by atoms with van der Waals surface area (Å²) in [6, 6.07) is 7.34. The van der Waals surface area contributed by atoms with Gasteiger partial charge >= 0.3 is 0 Å². The summed E-state index contributed by atoms with van der Waals surface area (Å²) >= 11 is 18.0. The Morgan fingerprint density at radius 2 is 1.76 bits per heavy atom. The number of carbonyl (C=O) groups excluding carboxylic acids is 1. The normalized spacial score (nSPS) is 12.7. The van der Waals surface area contributed by atoms with Gasteiger partial charge in [-0.05, 0) is 34.4 Å². The minimum absolute atomic E-state index is 0.00979. The summed E-state index contributed by atoms with van der Waals surface area (Å²) in [6.45, 7) is 12.9. The van der Waals surface area contributed by atoms with Crippen LogP contribution in [0.25, 0.3) is 0 Å². The molecule has 0 fully saturated rings. The molecule has 1 amide bonds. The number of nitrogens with zero attached hydrogens (tertiary/aromatic N) is 2. The molecule has 9 heteroatoms. The number of nitriles is 1. The van der Waals surface area contributed by atoms with Crippen LogP contribution >= 0.6 is 34.8 Å². The van der Waals surface area contributed by atoms with Crippen LogP contribution in [0.15, 0.2) is 18.2 Å². The SMILES string of the molecule is CC(C)(C)CC(C(=O)NCCNc1nc(Cl)c(Cl)c(Cl)c1C#N)c1ccc(O)c(C(C)(C)C)c1. The van der Waals surface area contributed by atoms with Gasteiger partial charge < -0.3 is 15.7 Å². The fourth-order valence-corrected chi connectivity index (χ4v) is 4.16. The Morgan fingerprint density at radius 3 is 2.32 bits per heavy atom. The van der Waals surface area contributed by atoms with Crippen LogP contribution in [0.2, 0.25) is 15.2 Å². The van der Waals surface area contributed by atoms with Crippen LogP contribution < -0.4 is 10.6 Å². The lowest BCUT2D eigenvalue weighted by Crippen LogP contribution is -2.35. The molecule has 0 aliphatic heterocycles. The minimum Gasteiger partial charge on any atom is -0.508 e. The zero-order valence-corrected chi connectivity index (χ0v) is 22.6. The molecule has 0 saturated carbocycles. The number of phenolic OH excluding ortho intramolecular Hbond substituents is 1. The number of hydrogen-bond acceptors (Lipinski definition) is 5. The number of amides is 1. The maximum absolute atomic E-state index is 13.2. The Balaban J connectivity index is 2.17. The molecule has 1 atom stereocenters. The average Bonchev–Trinajstić information content (AvgIpc) is 2.72. The maximum Gasteiger partial charge on any atom is 0.227 e. The molecule has 0 aliphatic rings. The Bertz CT molecular complexity index is 1100. The number of hydrogen-bond donors (Lipinski definition) is 3. The van der Waals surface area contributed by atoms with Gasteiger partial charge in [-0.1, -0.05) is 88.5 Å². The van der Waals surface area contributed by atoms with E-state index in [-0.39, 0.29) is 55.6 Å². The fourth-order valence-electron chi connectivity index (χ4n) is 3.57. The summed E-state index contributed by atoms with van der Waals surface area (Å²) in [7, 11) is 0. The van der Waals surface area contributed by atoms with Crippen molar-refractivity contribution in [3.63, 3.8) is 0 Å². The number of phenols is 1. The van der Waals surface area contributed by atoms with E-state index in [1.165, 1.54) is 0 Å². The third-order valence-electron chi connectivity index (χ3n) is 5.23. The second-order valence-electron chi connectivity index (χ2n) is 10.4. The molecule has 1 aromatic heterocycles. The fraction of sp³-hybridized carbons (Fsp3) is 0.480. The number of anilines is 1. The molecule has 2 aromatic rings. The molecular weight excluding hydrogens is 495 g/mol. The first-order valence-electron chi connectivity index (χ1n) is 10.9. The lowest BCUT2D eigenvalue weighted by molar-refractivity contribution is -0.123. The van der Waals surface area contributed by atoms with Crippen LogP contribution in [0.3, 0.4) is 0 Å². The molecule has 1 unspecified atom stereocenters. The number of nitrogens with one attached hydrogen (secondary N) is 2. The highest BCUT2D eigenvalue weighted by Gasteiger charge is 2.28.